The fraction of sp³-hybridized carbons (Fsp3) is 0.562. The first-order valence-corrected chi connectivity index (χ1v) is 7.86. The van der Waals surface area contributed by atoms with Crippen molar-refractivity contribution in [2.24, 2.45) is 11.7 Å². The molecule has 2 aliphatic heterocycles. The highest BCUT2D eigenvalue weighted by molar-refractivity contribution is 7.80. The SMILES string of the molecule is NC(=S)C1CCN(CC2OCCc3ccccc32)CC1. The number of rotatable bonds is 3. The molecule has 0 spiro atoms. The number of piperidine rings is 1. The maximum Gasteiger partial charge on any atom is 0.0954 e. The van der Waals surface area contributed by atoms with Crippen molar-refractivity contribution >= 4 is 17.2 Å². The molecule has 2 heterocycles. The minimum atomic E-state index is 0.223. The monoisotopic (exact) mass is 290 g/mol. The van der Waals surface area contributed by atoms with Crippen LogP contribution in [0.15, 0.2) is 24.3 Å². The summed E-state index contributed by atoms with van der Waals surface area (Å²) in [4.78, 5) is 3.17. The van der Waals surface area contributed by atoms with E-state index in [4.69, 9.17) is 22.7 Å². The lowest BCUT2D eigenvalue weighted by molar-refractivity contribution is 0.0106. The fourth-order valence-electron chi connectivity index (χ4n) is 3.26. The number of thiocarbonyl (C=S) groups is 1. The van der Waals surface area contributed by atoms with E-state index < -0.39 is 0 Å². The Hall–Kier alpha value is -0.970. The molecule has 3 nitrogen and oxygen atoms in total. The van der Waals surface area contributed by atoms with Gasteiger partial charge in [0.05, 0.1) is 17.7 Å². The molecule has 1 aromatic rings. The van der Waals surface area contributed by atoms with Gasteiger partial charge in [0.2, 0.25) is 0 Å². The molecule has 3 rings (SSSR count). The number of fused-ring (bicyclic) bond motifs is 1. The van der Waals surface area contributed by atoms with E-state index >= 15 is 0 Å². The molecule has 1 fully saturated rings. The molecule has 0 radical (unpaired) electrons. The maximum atomic E-state index is 5.99. The molecular weight excluding hydrogens is 268 g/mol. The van der Waals surface area contributed by atoms with Crippen LogP contribution in [0.1, 0.15) is 30.1 Å². The van der Waals surface area contributed by atoms with Crippen molar-refractivity contribution < 1.29 is 4.74 Å². The summed E-state index contributed by atoms with van der Waals surface area (Å²) in [5.41, 5.74) is 8.56. The number of nitrogens with two attached hydrogens (primary N) is 1. The first-order valence-electron chi connectivity index (χ1n) is 7.45. The van der Waals surface area contributed by atoms with E-state index in [-0.39, 0.29) is 6.10 Å². The molecule has 0 amide bonds. The van der Waals surface area contributed by atoms with E-state index in [2.05, 4.69) is 29.2 Å². The second-order valence-electron chi connectivity index (χ2n) is 5.79. The van der Waals surface area contributed by atoms with Gasteiger partial charge in [-0.3, -0.25) is 0 Å². The van der Waals surface area contributed by atoms with Gasteiger partial charge in [0.1, 0.15) is 0 Å². The van der Waals surface area contributed by atoms with E-state index in [1.54, 1.807) is 0 Å². The molecule has 4 heteroatoms. The van der Waals surface area contributed by atoms with Gasteiger partial charge in [-0.2, -0.15) is 0 Å². The molecular formula is C16H22N2OS. The zero-order chi connectivity index (χ0) is 13.9. The standard InChI is InChI=1S/C16H22N2OS/c17-16(20)13-5-8-18(9-6-13)11-15-14-4-2-1-3-12(14)7-10-19-15/h1-4,13,15H,5-11H2,(H2,17,20). The van der Waals surface area contributed by atoms with Crippen molar-refractivity contribution in [3.8, 4) is 0 Å². The molecule has 0 bridgehead atoms. The smallest absolute Gasteiger partial charge is 0.0954 e. The molecule has 1 atom stereocenters. The lowest BCUT2D eigenvalue weighted by Gasteiger charge is -2.35. The molecule has 0 saturated carbocycles. The predicted molar refractivity (Wildman–Crippen MR) is 84.8 cm³/mol. The third kappa shape index (κ3) is 3.03. The molecule has 0 aliphatic carbocycles. The van der Waals surface area contributed by atoms with Crippen LogP contribution in [0.25, 0.3) is 0 Å². The summed E-state index contributed by atoms with van der Waals surface area (Å²) in [6, 6.07) is 8.67. The van der Waals surface area contributed by atoms with Crippen LogP contribution in [0.3, 0.4) is 0 Å². The van der Waals surface area contributed by atoms with Gasteiger partial charge in [-0.1, -0.05) is 36.5 Å². The average molecular weight is 290 g/mol. The van der Waals surface area contributed by atoms with Crippen LogP contribution >= 0.6 is 12.2 Å². The number of ether oxygens (including phenoxy) is 1. The Labute approximate surface area is 126 Å². The molecule has 0 aromatic heterocycles. The van der Waals surface area contributed by atoms with Gasteiger partial charge >= 0.3 is 0 Å². The van der Waals surface area contributed by atoms with E-state index in [1.807, 2.05) is 0 Å². The van der Waals surface area contributed by atoms with Crippen LogP contribution in [0, 0.1) is 5.92 Å². The lowest BCUT2D eigenvalue weighted by atomic mass is 9.94. The summed E-state index contributed by atoms with van der Waals surface area (Å²) in [7, 11) is 0. The van der Waals surface area contributed by atoms with E-state index in [0.29, 0.717) is 10.9 Å². The van der Waals surface area contributed by atoms with Gasteiger partial charge < -0.3 is 15.4 Å². The molecule has 1 aromatic carbocycles. The first-order chi connectivity index (χ1) is 9.74. The summed E-state index contributed by atoms with van der Waals surface area (Å²) in [6.07, 6.45) is 3.44. The maximum absolute atomic E-state index is 5.99. The van der Waals surface area contributed by atoms with Crippen molar-refractivity contribution in [3.63, 3.8) is 0 Å². The van der Waals surface area contributed by atoms with Gasteiger partial charge in [0, 0.05) is 12.5 Å². The summed E-state index contributed by atoms with van der Waals surface area (Å²) in [5.74, 6) is 0.431. The van der Waals surface area contributed by atoms with E-state index in [9.17, 15) is 0 Å². The predicted octanol–water partition coefficient (Wildman–Crippen LogP) is 2.30. The van der Waals surface area contributed by atoms with Crippen LogP contribution in [-0.4, -0.2) is 36.1 Å². The summed E-state index contributed by atoms with van der Waals surface area (Å²) < 4.78 is 5.99. The van der Waals surface area contributed by atoms with Gasteiger partial charge in [-0.25, -0.2) is 0 Å². The van der Waals surface area contributed by atoms with Crippen LogP contribution in [0.4, 0.5) is 0 Å². The minimum absolute atomic E-state index is 0.223. The van der Waals surface area contributed by atoms with Crippen LogP contribution in [0.5, 0.6) is 0 Å². The van der Waals surface area contributed by atoms with Crippen LogP contribution in [-0.2, 0) is 11.2 Å². The normalized spacial score (nSPS) is 24.3. The summed E-state index contributed by atoms with van der Waals surface area (Å²) >= 11 is 5.10. The minimum Gasteiger partial charge on any atom is -0.393 e. The van der Waals surface area contributed by atoms with Crippen LogP contribution in [0.2, 0.25) is 0 Å². The lowest BCUT2D eigenvalue weighted by Crippen LogP contribution is -2.40. The zero-order valence-electron chi connectivity index (χ0n) is 11.8. The van der Waals surface area contributed by atoms with E-state index in [0.717, 1.165) is 45.5 Å². The topological polar surface area (TPSA) is 38.5 Å². The molecule has 1 saturated heterocycles. The van der Waals surface area contributed by atoms with Gasteiger partial charge in [0.15, 0.2) is 0 Å². The number of hydrogen-bond acceptors (Lipinski definition) is 3. The summed E-state index contributed by atoms with van der Waals surface area (Å²) in [6.45, 7) is 3.97. The number of likely N-dealkylation sites (tertiary alicyclic amines) is 1. The van der Waals surface area contributed by atoms with Crippen molar-refractivity contribution in [1.82, 2.24) is 4.90 Å². The van der Waals surface area contributed by atoms with Gasteiger partial charge in [-0.05, 0) is 43.5 Å². The quantitative estimate of drug-likeness (QED) is 0.867. The van der Waals surface area contributed by atoms with Crippen molar-refractivity contribution in [1.29, 1.82) is 0 Å². The number of benzene rings is 1. The number of nitrogens with zero attached hydrogens (tertiary/aromatic N) is 1. The average Bonchev–Trinajstić information content (AvgIpc) is 2.48. The highest BCUT2D eigenvalue weighted by Gasteiger charge is 2.26. The first kappa shape index (κ1) is 14.0. The Kier molecular flexibility index (Phi) is 4.34. The highest BCUT2D eigenvalue weighted by atomic mass is 32.1. The number of hydrogen-bond donors (Lipinski definition) is 1. The Morgan fingerprint density at radius 3 is 2.80 bits per heavy atom. The molecule has 108 valence electrons. The Balaban J connectivity index is 1.61. The van der Waals surface area contributed by atoms with Crippen molar-refractivity contribution in [2.45, 2.75) is 25.4 Å². The fourth-order valence-corrected chi connectivity index (χ4v) is 3.50. The van der Waals surface area contributed by atoms with Crippen LogP contribution < -0.4 is 5.73 Å². The second kappa shape index (κ2) is 6.20. The third-order valence-electron chi connectivity index (χ3n) is 4.51. The van der Waals surface area contributed by atoms with Gasteiger partial charge in [-0.15, -0.1) is 0 Å². The highest BCUT2D eigenvalue weighted by Crippen LogP contribution is 2.29. The van der Waals surface area contributed by atoms with Crippen molar-refractivity contribution in [2.75, 3.05) is 26.2 Å². The second-order valence-corrected chi connectivity index (χ2v) is 6.26. The summed E-state index contributed by atoms with van der Waals surface area (Å²) in [5, 5.41) is 0. The molecule has 2 N–H and O–H groups in total. The van der Waals surface area contributed by atoms with E-state index in [1.165, 1.54) is 11.1 Å². The van der Waals surface area contributed by atoms with Gasteiger partial charge in [0.25, 0.3) is 0 Å². The zero-order valence-corrected chi connectivity index (χ0v) is 12.6. The Morgan fingerprint density at radius 1 is 1.30 bits per heavy atom. The largest absolute Gasteiger partial charge is 0.393 e. The van der Waals surface area contributed by atoms with Crippen molar-refractivity contribution in [3.05, 3.63) is 35.4 Å². The Bertz CT molecular complexity index is 483. The Morgan fingerprint density at radius 2 is 2.05 bits per heavy atom. The molecule has 20 heavy (non-hydrogen) atoms. The third-order valence-corrected chi connectivity index (χ3v) is 4.84. The molecule has 2 aliphatic rings. The molecule has 1 unspecified atom stereocenters.